The normalized spacial score (nSPS) is 11.2. The first kappa shape index (κ1) is 41.2. The second-order valence-electron chi connectivity index (χ2n) is 13.9. The Morgan fingerprint density at radius 2 is 0.373 bits per heavy atom. The molecule has 0 aliphatic rings. The summed E-state index contributed by atoms with van der Waals surface area (Å²) in [5.41, 5.74) is 0. The van der Waals surface area contributed by atoms with E-state index in [-0.39, 0.29) is 18.9 Å². The number of hydrogen-bond donors (Lipinski definition) is 0. The van der Waals surface area contributed by atoms with Gasteiger partial charge < -0.3 is 0 Å². The van der Waals surface area contributed by atoms with Crippen LogP contribution >= 0.6 is 23.8 Å². The van der Waals surface area contributed by atoms with E-state index in [4.69, 9.17) is 0 Å². The molecule has 9 aromatic carbocycles. The van der Waals surface area contributed by atoms with Gasteiger partial charge in [0.2, 0.25) is 0 Å². The fraction of sp³-hybridized carbons (Fsp3) is 0. The zero-order chi connectivity index (χ0) is 38.9. The van der Waals surface area contributed by atoms with Gasteiger partial charge in [0.05, 0.1) is 0 Å². The van der Waals surface area contributed by atoms with Gasteiger partial charge in [-0.3, -0.25) is 0 Å². The summed E-state index contributed by atoms with van der Waals surface area (Å²) in [6.45, 7) is 0. The molecule has 2 radical (unpaired) electrons. The van der Waals surface area contributed by atoms with Gasteiger partial charge in [-0.25, -0.2) is 0 Å². The Bertz CT molecular complexity index is 2260. The van der Waals surface area contributed by atoms with E-state index in [1.165, 1.54) is 60.9 Å². The average molecular weight is 863 g/mol. The quantitative estimate of drug-likeness (QED) is 0.0910. The van der Waals surface area contributed by atoms with Gasteiger partial charge in [0, 0.05) is 18.9 Å². The molecule has 0 aliphatic heterocycles. The van der Waals surface area contributed by atoms with Gasteiger partial charge in [-0.05, 0) is 0 Å². The monoisotopic (exact) mass is 864 g/mol. The van der Waals surface area contributed by atoms with Crippen molar-refractivity contribution in [3.8, 4) is 0 Å². The second-order valence-corrected chi connectivity index (χ2v) is 25.5. The third-order valence-corrected chi connectivity index (χ3v) is 25.3. The molecule has 0 saturated carbocycles. The molecule has 0 aliphatic carbocycles. The maximum absolute atomic E-state index is 2.73. The van der Waals surface area contributed by atoms with Crippen LogP contribution in [0.4, 0.5) is 0 Å². The average Bonchev–Trinajstić information content (AvgIpc) is 3.30. The molecule has 5 heteroatoms. The van der Waals surface area contributed by atoms with Crippen LogP contribution in [-0.2, 0) is 0 Å². The van der Waals surface area contributed by atoms with Crippen LogP contribution in [0.15, 0.2) is 255 Å². The molecule has 0 nitrogen and oxygen atoms in total. The van der Waals surface area contributed by atoms with Crippen LogP contribution in [0, 0.1) is 0 Å². The summed E-state index contributed by atoms with van der Waals surface area (Å²) >= 11 is -2.73. The summed E-state index contributed by atoms with van der Waals surface area (Å²) in [6.07, 6.45) is 0. The molecule has 0 aromatic heterocycles. The van der Waals surface area contributed by atoms with Crippen molar-refractivity contribution in [2.75, 3.05) is 0 Å². The van der Waals surface area contributed by atoms with E-state index in [1.807, 2.05) is 0 Å². The summed E-state index contributed by atoms with van der Waals surface area (Å²) in [6, 6.07) is 96.0. The minimum absolute atomic E-state index is 0. The van der Waals surface area contributed by atoms with Crippen molar-refractivity contribution < 1.29 is 0 Å². The van der Waals surface area contributed by atoms with Crippen molar-refractivity contribution in [1.29, 1.82) is 0 Å². The SMILES string of the molecule is [Li].c1ccc(P(c2ccccc2)c2cccc[c]2[Ge]([c]2ccccc2P(c2ccccc2)c2ccccc2)[c]2ccccc2P(c2ccccc2)c2ccccc2)cc1. The van der Waals surface area contributed by atoms with Gasteiger partial charge in [-0.15, -0.1) is 0 Å². The van der Waals surface area contributed by atoms with E-state index < -0.39 is 38.1 Å². The van der Waals surface area contributed by atoms with E-state index in [0.29, 0.717) is 0 Å². The molecule has 0 N–H and O–H groups in total. The molecule has 0 fully saturated rings. The Morgan fingerprint density at radius 3 is 0.576 bits per heavy atom. The number of hydrogen-bond acceptors (Lipinski definition) is 0. The predicted molar refractivity (Wildman–Crippen MR) is 266 cm³/mol. The first-order chi connectivity index (χ1) is 28.8. The van der Waals surface area contributed by atoms with E-state index in [0.717, 1.165) is 0 Å². The van der Waals surface area contributed by atoms with Crippen molar-refractivity contribution in [2.45, 2.75) is 0 Å². The summed E-state index contributed by atoms with van der Waals surface area (Å²) in [5.74, 6) is 0. The first-order valence-corrected chi connectivity index (χ1v) is 26.9. The van der Waals surface area contributed by atoms with Crippen LogP contribution in [0.25, 0.3) is 0 Å². The fourth-order valence-electron chi connectivity index (χ4n) is 7.82. The van der Waals surface area contributed by atoms with Crippen molar-refractivity contribution in [2.24, 2.45) is 0 Å². The van der Waals surface area contributed by atoms with Crippen molar-refractivity contribution in [3.05, 3.63) is 255 Å². The van der Waals surface area contributed by atoms with Crippen molar-refractivity contribution in [1.82, 2.24) is 0 Å². The van der Waals surface area contributed by atoms with Gasteiger partial charge in [-0.1, -0.05) is 0 Å². The summed E-state index contributed by atoms with van der Waals surface area (Å²) in [4.78, 5) is 0. The van der Waals surface area contributed by atoms with Crippen molar-refractivity contribution in [3.63, 3.8) is 0 Å². The van der Waals surface area contributed by atoms with Crippen LogP contribution in [0.2, 0.25) is 0 Å². The summed E-state index contributed by atoms with van der Waals surface area (Å²) < 4.78 is 4.56. The van der Waals surface area contributed by atoms with Gasteiger partial charge >= 0.3 is 354 Å². The molecule has 59 heavy (non-hydrogen) atoms. The van der Waals surface area contributed by atoms with E-state index in [9.17, 15) is 0 Å². The number of rotatable bonds is 12. The first-order valence-electron chi connectivity index (χ1n) is 19.7. The third kappa shape index (κ3) is 9.12. The molecule has 278 valence electrons. The molecule has 0 atom stereocenters. The van der Waals surface area contributed by atoms with Gasteiger partial charge in [0.25, 0.3) is 0 Å². The van der Waals surface area contributed by atoms with Crippen LogP contribution in [-0.4, -0.2) is 33.2 Å². The van der Waals surface area contributed by atoms with Gasteiger partial charge in [-0.2, -0.15) is 0 Å². The molecule has 0 amide bonds. The zero-order valence-corrected chi connectivity index (χ0v) is 37.9. The molecule has 0 spiro atoms. The summed E-state index contributed by atoms with van der Waals surface area (Å²) in [7, 11) is -2.56. The predicted octanol–water partition coefficient (Wildman–Crippen LogP) is 7.10. The van der Waals surface area contributed by atoms with E-state index in [2.05, 4.69) is 255 Å². The molecular weight excluding hydrogens is 821 g/mol. The third-order valence-electron chi connectivity index (χ3n) is 10.3. The Kier molecular flexibility index (Phi) is 14.0. The molecule has 0 bridgehead atoms. The standard InChI is InChI=1S/C54H42GeP3.Li/c1-7-25-43(26-8-1)56(44-27-9-2-10-28-44)52-40-22-19-37-49(52)55(50-38-20-23-41-53(50)57(45-29-11-3-12-30-45)46-31-13-4-14-32-46)51-39-21-24-42-54(51)58(47-33-15-5-16-34-47)48-35-17-6-18-36-48;/h1-42H;. The molecular formula is C54H42GeLiP3. The maximum atomic E-state index is 2.50. The molecule has 9 aromatic rings. The second kappa shape index (κ2) is 20.1. The summed E-state index contributed by atoms with van der Waals surface area (Å²) in [5, 5.41) is 12.6. The topological polar surface area (TPSA) is 0 Å². The van der Waals surface area contributed by atoms with Crippen LogP contribution in [0.1, 0.15) is 0 Å². The number of benzene rings is 9. The molecule has 0 heterocycles. The van der Waals surface area contributed by atoms with E-state index >= 15 is 0 Å². The van der Waals surface area contributed by atoms with Crippen LogP contribution in [0.3, 0.4) is 0 Å². The zero-order valence-electron chi connectivity index (χ0n) is 33.1. The van der Waals surface area contributed by atoms with Crippen LogP contribution in [0.5, 0.6) is 0 Å². The Balaban J connectivity index is 0.00000484. The molecule has 9 rings (SSSR count). The Labute approximate surface area is 370 Å². The molecule has 0 unspecified atom stereocenters. The Morgan fingerprint density at radius 1 is 0.203 bits per heavy atom. The minimum atomic E-state index is -2.73. The molecule has 0 saturated heterocycles. The van der Waals surface area contributed by atoms with Gasteiger partial charge in [0.15, 0.2) is 0 Å². The Hall–Kier alpha value is -4.59. The fourth-order valence-corrected chi connectivity index (χ4v) is 24.3. The van der Waals surface area contributed by atoms with E-state index in [1.54, 1.807) is 0 Å². The van der Waals surface area contributed by atoms with Crippen LogP contribution < -0.4 is 60.9 Å². The van der Waals surface area contributed by atoms with Crippen molar-refractivity contribution >= 4 is 118 Å². The van der Waals surface area contributed by atoms with Gasteiger partial charge in [0.1, 0.15) is 0 Å².